The van der Waals surface area contributed by atoms with Gasteiger partial charge in [-0.05, 0) is 12.1 Å². The molecule has 0 heterocycles. The van der Waals surface area contributed by atoms with Crippen molar-refractivity contribution >= 4 is 47.2 Å². The van der Waals surface area contributed by atoms with E-state index in [1.807, 2.05) is 0 Å². The monoisotopic (exact) mass is 313 g/mol. The molecule has 1 aromatic rings. The van der Waals surface area contributed by atoms with Gasteiger partial charge in [0, 0.05) is 10.6 Å². The smallest absolute Gasteiger partial charge is 0.316 e. The zero-order valence-corrected chi connectivity index (χ0v) is 10.6. The van der Waals surface area contributed by atoms with Crippen LogP contribution in [0.5, 0.6) is 0 Å². The highest BCUT2D eigenvalue weighted by molar-refractivity contribution is 6.44. The first-order valence-electron chi connectivity index (χ1n) is 3.71. The van der Waals surface area contributed by atoms with Gasteiger partial charge in [-0.3, -0.25) is 0 Å². The zero-order valence-electron chi connectivity index (χ0n) is 7.49. The van der Waals surface area contributed by atoms with Crippen LogP contribution in [-0.2, 0) is 0 Å². The van der Waals surface area contributed by atoms with E-state index in [9.17, 15) is 13.2 Å². The topological polar surface area (TPSA) is 26.0 Å². The van der Waals surface area contributed by atoms with E-state index in [1.165, 1.54) is 12.1 Å². The van der Waals surface area contributed by atoms with E-state index in [0.717, 1.165) is 0 Å². The van der Waals surface area contributed by atoms with Gasteiger partial charge in [0.25, 0.3) is 0 Å². The van der Waals surface area contributed by atoms with Crippen LogP contribution >= 0.6 is 47.2 Å². The van der Waals surface area contributed by atoms with Gasteiger partial charge in [-0.2, -0.15) is 13.2 Å². The predicted octanol–water partition coefficient (Wildman–Crippen LogP) is 4.63. The second kappa shape index (κ2) is 5.65. The fourth-order valence-corrected chi connectivity index (χ4v) is 1.76. The van der Waals surface area contributed by atoms with Crippen LogP contribution in [0.2, 0.25) is 15.1 Å². The average molecular weight is 315 g/mol. The van der Waals surface area contributed by atoms with Crippen LogP contribution in [0, 0.1) is 0 Å². The van der Waals surface area contributed by atoms with Crippen LogP contribution in [0.1, 0.15) is 11.6 Å². The van der Waals surface area contributed by atoms with Crippen molar-refractivity contribution in [2.45, 2.75) is 12.2 Å². The standard InChI is InChI=1S/C8H5Cl3F3N.ClH/c9-3-1-2-4(10)6(11)5(3)7(15)8(12,13)14;/h1-2,7H,15H2;1H/t7-;/m1./s1. The lowest BCUT2D eigenvalue weighted by atomic mass is 10.1. The summed E-state index contributed by atoms with van der Waals surface area (Å²) in [6.45, 7) is 0. The highest BCUT2D eigenvalue weighted by Gasteiger charge is 2.40. The Morgan fingerprint density at radius 1 is 1.06 bits per heavy atom. The Bertz CT molecular complexity index is 380. The van der Waals surface area contributed by atoms with Crippen LogP contribution in [0.3, 0.4) is 0 Å². The molecule has 1 atom stereocenters. The van der Waals surface area contributed by atoms with E-state index < -0.39 is 17.8 Å². The highest BCUT2D eigenvalue weighted by Crippen LogP contribution is 2.40. The molecule has 0 bridgehead atoms. The minimum absolute atomic E-state index is 0. The Balaban J connectivity index is 0.00000225. The van der Waals surface area contributed by atoms with Gasteiger partial charge in [0.1, 0.15) is 6.04 Å². The minimum atomic E-state index is -4.61. The van der Waals surface area contributed by atoms with E-state index in [0.29, 0.717) is 0 Å². The molecule has 8 heteroatoms. The Labute approximate surface area is 111 Å². The van der Waals surface area contributed by atoms with Gasteiger partial charge < -0.3 is 5.73 Å². The van der Waals surface area contributed by atoms with Crippen molar-refractivity contribution in [1.29, 1.82) is 0 Å². The molecule has 0 aliphatic rings. The summed E-state index contributed by atoms with van der Waals surface area (Å²) >= 11 is 16.7. The molecule has 1 rings (SSSR count). The Kier molecular flexibility index (Phi) is 5.69. The molecule has 16 heavy (non-hydrogen) atoms. The third-order valence-corrected chi connectivity index (χ3v) is 2.89. The van der Waals surface area contributed by atoms with E-state index in [4.69, 9.17) is 40.5 Å². The first-order chi connectivity index (χ1) is 6.75. The average Bonchev–Trinajstić information content (AvgIpc) is 2.10. The van der Waals surface area contributed by atoms with Gasteiger partial charge in [-0.1, -0.05) is 34.8 Å². The Hall–Kier alpha value is 0.130. The molecule has 0 aromatic heterocycles. The van der Waals surface area contributed by atoms with Crippen molar-refractivity contribution in [2.75, 3.05) is 0 Å². The summed E-state index contributed by atoms with van der Waals surface area (Å²) in [7, 11) is 0. The molecule has 0 radical (unpaired) electrons. The number of halogens is 7. The molecule has 0 saturated carbocycles. The molecule has 0 fully saturated rings. The molecular weight excluding hydrogens is 309 g/mol. The molecular formula is C8H6Cl4F3N. The maximum absolute atomic E-state index is 12.3. The molecule has 0 spiro atoms. The first-order valence-corrected chi connectivity index (χ1v) is 4.84. The largest absolute Gasteiger partial charge is 0.407 e. The first kappa shape index (κ1) is 16.1. The molecule has 0 saturated heterocycles. The van der Waals surface area contributed by atoms with Gasteiger partial charge in [-0.15, -0.1) is 12.4 Å². The van der Waals surface area contributed by atoms with E-state index in [-0.39, 0.29) is 27.5 Å². The zero-order chi connectivity index (χ0) is 11.8. The summed E-state index contributed by atoms with van der Waals surface area (Å²) < 4.78 is 37.0. The fourth-order valence-electron chi connectivity index (χ4n) is 0.992. The van der Waals surface area contributed by atoms with E-state index in [2.05, 4.69) is 0 Å². The molecule has 1 aromatic carbocycles. The summed E-state index contributed by atoms with van der Waals surface area (Å²) in [4.78, 5) is 0. The van der Waals surface area contributed by atoms with Gasteiger partial charge in [-0.25, -0.2) is 0 Å². The number of nitrogens with two attached hydrogens (primary N) is 1. The number of hydrogen-bond acceptors (Lipinski definition) is 1. The maximum atomic E-state index is 12.3. The highest BCUT2D eigenvalue weighted by atomic mass is 35.5. The predicted molar refractivity (Wildman–Crippen MR) is 61.7 cm³/mol. The molecule has 0 amide bonds. The molecule has 0 unspecified atom stereocenters. The van der Waals surface area contributed by atoms with Crippen LogP contribution in [0.15, 0.2) is 12.1 Å². The summed E-state index contributed by atoms with van der Waals surface area (Å²) in [5.74, 6) is 0. The van der Waals surface area contributed by atoms with E-state index in [1.54, 1.807) is 0 Å². The lowest BCUT2D eigenvalue weighted by Gasteiger charge is -2.18. The summed E-state index contributed by atoms with van der Waals surface area (Å²) in [5.41, 5.74) is 4.59. The third-order valence-electron chi connectivity index (χ3n) is 1.74. The van der Waals surface area contributed by atoms with Gasteiger partial charge >= 0.3 is 6.18 Å². The normalized spacial score (nSPS) is 13.2. The lowest BCUT2D eigenvalue weighted by molar-refractivity contribution is -0.149. The number of hydrogen-bond donors (Lipinski definition) is 1. The van der Waals surface area contributed by atoms with Crippen molar-refractivity contribution in [3.05, 3.63) is 32.8 Å². The fraction of sp³-hybridized carbons (Fsp3) is 0.250. The van der Waals surface area contributed by atoms with Crippen LogP contribution in [-0.4, -0.2) is 6.18 Å². The van der Waals surface area contributed by atoms with E-state index >= 15 is 0 Å². The number of benzene rings is 1. The summed E-state index contributed by atoms with van der Waals surface area (Å²) in [5, 5.41) is -0.445. The molecule has 0 aliphatic carbocycles. The molecule has 2 N–H and O–H groups in total. The van der Waals surface area contributed by atoms with Crippen LogP contribution in [0.25, 0.3) is 0 Å². The summed E-state index contributed by atoms with van der Waals surface area (Å²) in [6, 6.07) is 0.284. The van der Waals surface area contributed by atoms with Crippen molar-refractivity contribution in [3.8, 4) is 0 Å². The van der Waals surface area contributed by atoms with Crippen LogP contribution in [0.4, 0.5) is 13.2 Å². The summed E-state index contributed by atoms with van der Waals surface area (Å²) in [6.07, 6.45) is -4.61. The lowest BCUT2D eigenvalue weighted by Crippen LogP contribution is -2.29. The Morgan fingerprint density at radius 3 is 1.94 bits per heavy atom. The second-order valence-electron chi connectivity index (χ2n) is 2.78. The van der Waals surface area contributed by atoms with Gasteiger partial charge in [0.15, 0.2) is 0 Å². The van der Waals surface area contributed by atoms with Gasteiger partial charge in [0.05, 0.1) is 10.0 Å². The maximum Gasteiger partial charge on any atom is 0.407 e. The van der Waals surface area contributed by atoms with Crippen molar-refractivity contribution in [1.82, 2.24) is 0 Å². The molecule has 1 nitrogen and oxygen atoms in total. The second-order valence-corrected chi connectivity index (χ2v) is 3.97. The van der Waals surface area contributed by atoms with Crippen LogP contribution < -0.4 is 5.73 Å². The quantitative estimate of drug-likeness (QED) is 0.751. The Morgan fingerprint density at radius 2 is 1.50 bits per heavy atom. The number of alkyl halides is 3. The number of rotatable bonds is 1. The van der Waals surface area contributed by atoms with Crippen molar-refractivity contribution in [2.24, 2.45) is 5.73 Å². The minimum Gasteiger partial charge on any atom is -0.316 e. The third kappa shape index (κ3) is 3.31. The van der Waals surface area contributed by atoms with Crippen molar-refractivity contribution < 1.29 is 13.2 Å². The van der Waals surface area contributed by atoms with Gasteiger partial charge in [0.2, 0.25) is 0 Å². The molecule has 0 aliphatic heterocycles. The SMILES string of the molecule is Cl.N[C@H](c1c(Cl)ccc(Cl)c1Cl)C(F)(F)F. The molecule has 92 valence electrons. The van der Waals surface area contributed by atoms with Crippen molar-refractivity contribution in [3.63, 3.8) is 0 Å².